The minimum Gasteiger partial charge on any atom is -0.493 e. The van der Waals surface area contributed by atoms with Crippen molar-refractivity contribution in [3.63, 3.8) is 0 Å². The number of nitrogens with two attached hydrogens (primary N) is 1. The molecule has 0 bridgehead atoms. The molecule has 0 radical (unpaired) electrons. The third kappa shape index (κ3) is 4.19. The van der Waals surface area contributed by atoms with Crippen molar-refractivity contribution in [2.75, 3.05) is 20.3 Å². The van der Waals surface area contributed by atoms with Crippen molar-refractivity contribution >= 4 is 10.0 Å². The summed E-state index contributed by atoms with van der Waals surface area (Å²) in [6.45, 7) is 6.71. The largest absolute Gasteiger partial charge is 0.493 e. The second kappa shape index (κ2) is 7.06. The molecule has 0 unspecified atom stereocenters. The van der Waals surface area contributed by atoms with Gasteiger partial charge in [-0.2, -0.15) is 0 Å². The van der Waals surface area contributed by atoms with Gasteiger partial charge in [-0.15, -0.1) is 0 Å². The lowest BCUT2D eigenvalue weighted by Gasteiger charge is -2.16. The molecular formula is C14H23NO4S. The maximum absolute atomic E-state index is 11.5. The van der Waals surface area contributed by atoms with Crippen LogP contribution in [0.5, 0.6) is 5.75 Å². The average molecular weight is 301 g/mol. The van der Waals surface area contributed by atoms with E-state index in [1.807, 2.05) is 13.8 Å². The number of unbranched alkanes of at least 4 members (excludes halogenated alkanes) is 1. The lowest BCUT2D eigenvalue weighted by molar-refractivity contribution is 0.184. The van der Waals surface area contributed by atoms with Crippen LogP contribution in [0.25, 0.3) is 0 Å². The van der Waals surface area contributed by atoms with Gasteiger partial charge in [-0.3, -0.25) is 0 Å². The number of aryl methyl sites for hydroxylation is 1. The van der Waals surface area contributed by atoms with Crippen LogP contribution in [0.1, 0.15) is 29.5 Å². The summed E-state index contributed by atoms with van der Waals surface area (Å²) >= 11 is 0. The predicted molar refractivity (Wildman–Crippen MR) is 78.6 cm³/mol. The van der Waals surface area contributed by atoms with E-state index in [4.69, 9.17) is 14.6 Å². The van der Waals surface area contributed by atoms with Gasteiger partial charge in [0.25, 0.3) is 0 Å². The lowest BCUT2D eigenvalue weighted by Crippen LogP contribution is -2.15. The van der Waals surface area contributed by atoms with Crippen molar-refractivity contribution in [3.05, 3.63) is 22.8 Å². The predicted octanol–water partition coefficient (Wildman–Crippen LogP) is 2.06. The van der Waals surface area contributed by atoms with E-state index in [1.54, 1.807) is 20.1 Å². The van der Waals surface area contributed by atoms with Crippen LogP contribution < -0.4 is 9.88 Å². The van der Waals surface area contributed by atoms with E-state index in [2.05, 4.69) is 0 Å². The van der Waals surface area contributed by atoms with Gasteiger partial charge in [0, 0.05) is 13.7 Å². The van der Waals surface area contributed by atoms with Gasteiger partial charge >= 0.3 is 0 Å². The van der Waals surface area contributed by atoms with E-state index in [9.17, 15) is 8.42 Å². The molecule has 0 amide bonds. The smallest absolute Gasteiger partial charge is 0.238 e. The van der Waals surface area contributed by atoms with Gasteiger partial charge in [-0.25, -0.2) is 13.6 Å². The van der Waals surface area contributed by atoms with E-state index < -0.39 is 10.0 Å². The summed E-state index contributed by atoms with van der Waals surface area (Å²) in [6, 6.07) is 1.57. The van der Waals surface area contributed by atoms with Crippen molar-refractivity contribution in [2.45, 2.75) is 38.5 Å². The third-order valence-corrected chi connectivity index (χ3v) is 4.31. The molecule has 20 heavy (non-hydrogen) atoms. The number of methoxy groups -OCH3 is 1. The maximum Gasteiger partial charge on any atom is 0.238 e. The summed E-state index contributed by atoms with van der Waals surface area (Å²) in [5.41, 5.74) is 2.25. The number of primary sulfonamides is 1. The average Bonchev–Trinajstić information content (AvgIpc) is 2.35. The molecule has 0 aliphatic rings. The Morgan fingerprint density at radius 1 is 1.10 bits per heavy atom. The number of ether oxygens (including phenoxy) is 2. The standard InChI is InChI=1S/C14H23NO4S/c1-10-9-13(20(15,16)17)11(2)12(3)14(10)19-8-6-5-7-18-4/h9H,5-8H2,1-4H3,(H2,15,16,17). The zero-order valence-corrected chi connectivity index (χ0v) is 13.3. The highest BCUT2D eigenvalue weighted by Crippen LogP contribution is 2.30. The zero-order valence-electron chi connectivity index (χ0n) is 12.5. The van der Waals surface area contributed by atoms with Crippen LogP contribution in [0.3, 0.4) is 0 Å². The molecule has 1 aromatic carbocycles. The first-order chi connectivity index (χ1) is 9.29. The van der Waals surface area contributed by atoms with Crippen molar-refractivity contribution in [3.8, 4) is 5.75 Å². The highest BCUT2D eigenvalue weighted by atomic mass is 32.2. The van der Waals surface area contributed by atoms with Crippen molar-refractivity contribution in [2.24, 2.45) is 5.14 Å². The van der Waals surface area contributed by atoms with Gasteiger partial charge in [-0.05, 0) is 56.4 Å². The Kier molecular flexibility index (Phi) is 5.98. The van der Waals surface area contributed by atoms with Crippen LogP contribution in [0.15, 0.2) is 11.0 Å². The quantitative estimate of drug-likeness (QED) is 0.782. The Morgan fingerprint density at radius 2 is 1.70 bits per heavy atom. The molecule has 0 aliphatic heterocycles. The van der Waals surface area contributed by atoms with Crippen LogP contribution in [0, 0.1) is 20.8 Å². The van der Waals surface area contributed by atoms with E-state index in [0.29, 0.717) is 18.8 Å². The molecule has 0 saturated carbocycles. The molecule has 0 spiro atoms. The van der Waals surface area contributed by atoms with Gasteiger partial charge in [0.1, 0.15) is 5.75 Å². The summed E-state index contributed by atoms with van der Waals surface area (Å²) in [5, 5.41) is 5.22. The van der Waals surface area contributed by atoms with E-state index in [1.165, 1.54) is 0 Å². The molecule has 114 valence electrons. The minimum atomic E-state index is -3.70. The number of rotatable bonds is 7. The Balaban J connectivity index is 2.92. The second-order valence-electron chi connectivity index (χ2n) is 4.86. The van der Waals surface area contributed by atoms with E-state index >= 15 is 0 Å². The second-order valence-corrected chi connectivity index (χ2v) is 6.39. The molecule has 5 nitrogen and oxygen atoms in total. The summed E-state index contributed by atoms with van der Waals surface area (Å²) in [5.74, 6) is 0.743. The van der Waals surface area contributed by atoms with Crippen LogP contribution in [0.2, 0.25) is 0 Å². The molecule has 2 N–H and O–H groups in total. The Labute approximate surface area is 121 Å². The maximum atomic E-state index is 11.5. The molecular weight excluding hydrogens is 278 g/mol. The fourth-order valence-electron chi connectivity index (χ4n) is 2.06. The molecule has 1 aromatic rings. The first-order valence-electron chi connectivity index (χ1n) is 6.54. The van der Waals surface area contributed by atoms with Crippen molar-refractivity contribution in [1.82, 2.24) is 0 Å². The van der Waals surface area contributed by atoms with Crippen LogP contribution in [-0.4, -0.2) is 28.7 Å². The van der Waals surface area contributed by atoms with E-state index in [0.717, 1.165) is 29.7 Å². The fourth-order valence-corrected chi connectivity index (χ4v) is 2.98. The molecule has 6 heteroatoms. The molecule has 1 rings (SSSR count). The Morgan fingerprint density at radius 3 is 2.25 bits per heavy atom. The van der Waals surface area contributed by atoms with E-state index in [-0.39, 0.29) is 4.90 Å². The number of hydrogen-bond donors (Lipinski definition) is 1. The summed E-state index contributed by atoms with van der Waals surface area (Å²) < 4.78 is 33.8. The molecule has 0 atom stereocenters. The van der Waals surface area contributed by atoms with Gasteiger partial charge in [-0.1, -0.05) is 0 Å². The van der Waals surface area contributed by atoms with Crippen molar-refractivity contribution < 1.29 is 17.9 Å². The minimum absolute atomic E-state index is 0.166. The third-order valence-electron chi connectivity index (χ3n) is 3.27. The van der Waals surface area contributed by atoms with Gasteiger partial charge in [0.2, 0.25) is 10.0 Å². The highest BCUT2D eigenvalue weighted by Gasteiger charge is 2.18. The lowest BCUT2D eigenvalue weighted by atomic mass is 10.1. The van der Waals surface area contributed by atoms with Gasteiger partial charge in [0.05, 0.1) is 11.5 Å². The topological polar surface area (TPSA) is 78.6 Å². The summed E-state index contributed by atoms with van der Waals surface area (Å²) in [4.78, 5) is 0.166. The summed E-state index contributed by atoms with van der Waals surface area (Å²) in [6.07, 6.45) is 1.82. The Bertz CT molecular complexity index is 567. The SMILES string of the molecule is COCCCCOc1c(C)cc(S(N)(=O)=O)c(C)c1C. The number of sulfonamides is 1. The zero-order chi connectivity index (χ0) is 15.3. The molecule has 0 aromatic heterocycles. The van der Waals surface area contributed by atoms with Crippen molar-refractivity contribution in [1.29, 1.82) is 0 Å². The molecule has 0 fully saturated rings. The molecule has 0 saturated heterocycles. The molecule has 0 heterocycles. The molecule has 0 aliphatic carbocycles. The highest BCUT2D eigenvalue weighted by molar-refractivity contribution is 7.89. The normalized spacial score (nSPS) is 11.7. The Hall–Kier alpha value is -1.11. The van der Waals surface area contributed by atoms with Gasteiger partial charge < -0.3 is 9.47 Å². The van der Waals surface area contributed by atoms with Crippen LogP contribution >= 0.6 is 0 Å². The number of benzene rings is 1. The number of hydrogen-bond acceptors (Lipinski definition) is 4. The first kappa shape index (κ1) is 16.9. The van der Waals surface area contributed by atoms with Gasteiger partial charge in [0.15, 0.2) is 0 Å². The van der Waals surface area contributed by atoms with Crippen LogP contribution in [-0.2, 0) is 14.8 Å². The first-order valence-corrected chi connectivity index (χ1v) is 8.09. The van der Waals surface area contributed by atoms with Crippen LogP contribution in [0.4, 0.5) is 0 Å². The fraction of sp³-hybridized carbons (Fsp3) is 0.571. The summed E-state index contributed by atoms with van der Waals surface area (Å²) in [7, 11) is -2.03. The monoisotopic (exact) mass is 301 g/mol.